The molecular weight excluding hydrogens is 1630 g/mol. The smallest absolute Gasteiger partial charge is 0.0897 e. The van der Waals surface area contributed by atoms with Crippen LogP contribution in [0.3, 0.4) is 0 Å². The summed E-state index contributed by atoms with van der Waals surface area (Å²) in [5.74, 6) is 0. The second kappa shape index (κ2) is 31.8. The topological polar surface area (TPSA) is 51.6 Å². The Hall–Kier alpha value is -16.7. The first-order valence-corrected chi connectivity index (χ1v) is 47.0. The van der Waals surface area contributed by atoms with Gasteiger partial charge in [-0.2, -0.15) is 0 Å². The highest BCUT2D eigenvalue weighted by atomic mass is 14.8. The Morgan fingerprint density at radius 1 is 0.156 bits per heavy atom. The number of fused-ring (bicyclic) bond motifs is 18. The minimum absolute atomic E-state index is 0.0248. The molecule has 3 aliphatic carbocycles. The number of hydrogen-bond acceptors (Lipinski definition) is 4. The van der Waals surface area contributed by atoms with E-state index in [9.17, 15) is 0 Å². The van der Waals surface area contributed by atoms with Gasteiger partial charge in [0.2, 0.25) is 0 Å². The predicted molar refractivity (Wildman–Crippen MR) is 570 cm³/mol. The minimum Gasteiger partial charge on any atom is -0.265 e. The molecule has 3 heterocycles. The molecule has 3 aliphatic rings. The molecule has 0 amide bonds. The molecule has 24 aromatic rings. The molecule has 27 rings (SSSR count). The van der Waals surface area contributed by atoms with Crippen molar-refractivity contribution in [3.05, 3.63) is 483 Å². The average Bonchev–Trinajstić information content (AvgIpc) is 0.940. The Balaban J connectivity index is 0.000000108. The first-order chi connectivity index (χ1) is 66.2. The molecule has 0 aliphatic heterocycles. The molecule has 0 radical (unpaired) electrons. The van der Waals surface area contributed by atoms with E-state index in [-0.39, 0.29) is 16.2 Å². The van der Waals surface area contributed by atoms with Crippen molar-refractivity contribution in [2.45, 2.75) is 57.8 Å². The molecule has 135 heavy (non-hydrogen) atoms. The number of nitrogens with zero attached hydrogens (tertiary/aromatic N) is 4. The molecule has 21 aromatic carbocycles. The van der Waals surface area contributed by atoms with E-state index in [0.717, 1.165) is 16.8 Å². The van der Waals surface area contributed by atoms with Crippen LogP contribution in [-0.2, 0) is 16.2 Å². The minimum atomic E-state index is -0.0340. The van der Waals surface area contributed by atoms with Gasteiger partial charge in [-0.25, -0.2) is 0 Å². The quantitative estimate of drug-likeness (QED) is 0.135. The van der Waals surface area contributed by atoms with Crippen molar-refractivity contribution >= 4 is 97.0 Å². The van der Waals surface area contributed by atoms with Crippen molar-refractivity contribution in [3.63, 3.8) is 0 Å². The molecule has 0 atom stereocenters. The van der Waals surface area contributed by atoms with E-state index in [1.165, 1.54) is 247 Å². The fourth-order valence-electron chi connectivity index (χ4n) is 23.1. The van der Waals surface area contributed by atoms with Gasteiger partial charge < -0.3 is 0 Å². The van der Waals surface area contributed by atoms with E-state index in [1.807, 2.05) is 37.1 Å². The third kappa shape index (κ3) is 13.2. The lowest BCUT2D eigenvalue weighted by Crippen LogP contribution is -2.14. The molecule has 0 bridgehead atoms. The molecule has 4 heteroatoms. The highest BCUT2D eigenvalue weighted by Gasteiger charge is 2.39. The van der Waals surface area contributed by atoms with Crippen LogP contribution >= 0.6 is 0 Å². The number of benzene rings is 21. The summed E-state index contributed by atoms with van der Waals surface area (Å²) in [6.07, 6.45) is 13.0. The van der Waals surface area contributed by atoms with Gasteiger partial charge in [-0.1, -0.05) is 375 Å². The highest BCUT2D eigenvalue weighted by Crippen LogP contribution is 2.57. The maximum Gasteiger partial charge on any atom is 0.0897 e. The van der Waals surface area contributed by atoms with Crippen molar-refractivity contribution in [1.82, 2.24) is 19.9 Å². The summed E-state index contributed by atoms with van der Waals surface area (Å²) < 4.78 is 0. The van der Waals surface area contributed by atoms with Crippen LogP contribution in [0.25, 0.3) is 231 Å². The van der Waals surface area contributed by atoms with E-state index in [1.54, 1.807) is 12.4 Å². The van der Waals surface area contributed by atoms with Gasteiger partial charge in [0, 0.05) is 64.6 Å². The Kier molecular flexibility index (Phi) is 19.0. The van der Waals surface area contributed by atoms with Gasteiger partial charge >= 0.3 is 0 Å². The Morgan fingerprint density at radius 3 is 0.807 bits per heavy atom. The van der Waals surface area contributed by atoms with E-state index >= 15 is 0 Å². The van der Waals surface area contributed by atoms with Crippen LogP contribution in [0.1, 0.15) is 74.9 Å². The lowest BCUT2D eigenvalue weighted by atomic mass is 9.81. The van der Waals surface area contributed by atoms with Crippen molar-refractivity contribution in [3.8, 4) is 134 Å². The zero-order valence-corrected chi connectivity index (χ0v) is 76.0. The van der Waals surface area contributed by atoms with Crippen LogP contribution in [0.5, 0.6) is 0 Å². The third-order valence-corrected chi connectivity index (χ3v) is 29.7. The second-order valence-corrected chi connectivity index (χ2v) is 38.2. The summed E-state index contributed by atoms with van der Waals surface area (Å²) >= 11 is 0. The normalized spacial score (nSPS) is 13.3. The van der Waals surface area contributed by atoms with Crippen LogP contribution in [-0.4, -0.2) is 19.9 Å². The summed E-state index contributed by atoms with van der Waals surface area (Å²) in [4.78, 5) is 18.1. The van der Waals surface area contributed by atoms with Crippen LogP contribution in [0.2, 0.25) is 0 Å². The zero-order chi connectivity index (χ0) is 90.4. The summed E-state index contributed by atoms with van der Waals surface area (Å²) in [7, 11) is 0. The molecule has 636 valence electrons. The zero-order valence-electron chi connectivity index (χ0n) is 76.0. The molecule has 0 saturated carbocycles. The monoisotopic (exact) mass is 1720 g/mol. The summed E-state index contributed by atoms with van der Waals surface area (Å²) in [6, 6.07) is 150. The van der Waals surface area contributed by atoms with Crippen LogP contribution in [0, 0.1) is 0 Å². The lowest BCUT2D eigenvalue weighted by molar-refractivity contribution is 0.660. The van der Waals surface area contributed by atoms with Gasteiger partial charge in [0.15, 0.2) is 0 Å². The SMILES string of the molecule is CC1(C)c2ccccc2-c2cc(-c3c4ccccc4c(-c4cccnc4)c4ccc(-c5ccc6ccccc6c5)cc34)ccc21.CC1(C)c2ccccc2-c2cc(-c3c4ccccc4c(-c4ccncc4)c4ccc(-c5ccc6ccccc6c5)cc34)ccc21.CC1(C)c2ccccc2-c2cc(-c3c4ccccc4c(-c4cnccn4)c4ccc(-c5ccc6ccccc6c5)cc34)ccc21. The Labute approximate surface area is 786 Å². The molecule has 4 nitrogen and oxygen atoms in total. The largest absolute Gasteiger partial charge is 0.265 e. The average molecular weight is 1720 g/mol. The Bertz CT molecular complexity index is 8180. The number of rotatable bonds is 9. The number of aromatic nitrogens is 4. The molecule has 0 spiro atoms. The van der Waals surface area contributed by atoms with E-state index in [2.05, 4.69) is 457 Å². The standard InChI is InChI=1S/2C44H31N.C43H30N2/c1-44(2)40-16-8-7-13-34(40)38-26-32(20-22-41(38)44)42-35-14-5-6-15-36(35)43(33-12-9-23-45-27-33)37-21-19-31(25-39(37)42)30-18-17-28-10-3-4-11-29(28)24-30;1-44(2)40-14-8-7-11-34(40)38-27-33(18-20-41(38)44)43-36-13-6-5-12-35(36)42(29-21-23-45-24-22-29)37-19-17-32(26-39(37)43)31-16-15-28-9-3-4-10-30(28)25-31;1-43(2)38-14-8-7-11-32(38)36-25-31(18-20-39(36)43)41-33-12-5-6-13-34(33)42(40-26-44-21-22-45-40)35-19-17-30(24-37(35)41)29-16-15-27-9-3-4-10-28(27)23-29/h2*3-27H,1-2H3;3-26H,1-2H3. The van der Waals surface area contributed by atoms with E-state index in [4.69, 9.17) is 4.98 Å². The van der Waals surface area contributed by atoms with Crippen molar-refractivity contribution in [1.29, 1.82) is 0 Å². The summed E-state index contributed by atoms with van der Waals surface area (Å²) in [5, 5.41) is 22.3. The van der Waals surface area contributed by atoms with Gasteiger partial charge in [-0.15, -0.1) is 0 Å². The number of pyridine rings is 2. The van der Waals surface area contributed by atoms with Crippen molar-refractivity contribution < 1.29 is 0 Å². The lowest BCUT2D eigenvalue weighted by Gasteiger charge is -2.22. The molecule has 0 unspecified atom stereocenters. The van der Waals surface area contributed by atoms with Gasteiger partial charge in [-0.3, -0.25) is 19.9 Å². The summed E-state index contributed by atoms with van der Waals surface area (Å²) in [5.41, 5.74) is 37.9. The molecule has 0 fully saturated rings. The third-order valence-electron chi connectivity index (χ3n) is 29.7. The van der Waals surface area contributed by atoms with E-state index in [0.29, 0.717) is 0 Å². The fraction of sp³-hybridized carbons (Fsp3) is 0.0687. The second-order valence-electron chi connectivity index (χ2n) is 38.2. The number of hydrogen-bond donors (Lipinski definition) is 0. The molecule has 0 N–H and O–H groups in total. The molecule has 0 saturated heterocycles. The maximum absolute atomic E-state index is 4.79. The maximum atomic E-state index is 4.79. The van der Waals surface area contributed by atoms with Crippen LogP contribution in [0.15, 0.2) is 450 Å². The van der Waals surface area contributed by atoms with Gasteiger partial charge in [0.25, 0.3) is 0 Å². The van der Waals surface area contributed by atoms with Crippen molar-refractivity contribution in [2.24, 2.45) is 0 Å². The molecule has 3 aromatic heterocycles. The first-order valence-electron chi connectivity index (χ1n) is 47.0. The van der Waals surface area contributed by atoms with Gasteiger partial charge in [0.1, 0.15) is 0 Å². The Morgan fingerprint density at radius 2 is 0.444 bits per heavy atom. The van der Waals surface area contributed by atoms with Crippen LogP contribution < -0.4 is 0 Å². The highest BCUT2D eigenvalue weighted by molar-refractivity contribution is 6.26. The van der Waals surface area contributed by atoms with Gasteiger partial charge in [-0.05, 0) is 320 Å². The van der Waals surface area contributed by atoms with Crippen molar-refractivity contribution in [2.75, 3.05) is 0 Å². The van der Waals surface area contributed by atoms with E-state index < -0.39 is 0 Å². The van der Waals surface area contributed by atoms with Crippen LogP contribution in [0.4, 0.5) is 0 Å². The fourth-order valence-corrected chi connectivity index (χ4v) is 23.1. The molecular formula is C131H92N4. The summed E-state index contributed by atoms with van der Waals surface area (Å²) in [6.45, 7) is 14.1. The van der Waals surface area contributed by atoms with Gasteiger partial charge in [0.05, 0.1) is 11.9 Å². The first kappa shape index (κ1) is 80.4. The predicted octanol–water partition coefficient (Wildman–Crippen LogP) is 34.9.